The molecule has 3 N–H and O–H groups in total. The van der Waals surface area contributed by atoms with Crippen LogP contribution in [0.2, 0.25) is 0 Å². The molecule has 16 heavy (non-hydrogen) atoms. The van der Waals surface area contributed by atoms with Crippen molar-refractivity contribution in [2.24, 2.45) is 5.41 Å². The van der Waals surface area contributed by atoms with Gasteiger partial charge in [0.2, 0.25) is 0 Å². The number of benzene rings is 1. The van der Waals surface area contributed by atoms with Gasteiger partial charge in [-0.25, -0.2) is 0 Å². The summed E-state index contributed by atoms with van der Waals surface area (Å²) >= 11 is 0. The van der Waals surface area contributed by atoms with E-state index in [0.717, 1.165) is 30.9 Å². The number of hydrogen-bond acceptors (Lipinski definition) is 3. The van der Waals surface area contributed by atoms with E-state index in [1.807, 2.05) is 24.3 Å². The smallest absolute Gasteiger partial charge is 0.0468 e. The normalized spacial score (nSPS) is 11.4. The van der Waals surface area contributed by atoms with Crippen molar-refractivity contribution in [2.45, 2.75) is 20.3 Å². The quantitative estimate of drug-likeness (QED) is 0.728. The minimum absolute atomic E-state index is 0.234. The summed E-state index contributed by atoms with van der Waals surface area (Å²) < 4.78 is 5.10. The topological polar surface area (TPSA) is 47.3 Å². The van der Waals surface area contributed by atoms with Gasteiger partial charge >= 0.3 is 0 Å². The van der Waals surface area contributed by atoms with Gasteiger partial charge in [-0.1, -0.05) is 13.8 Å². The molecular formula is C13H22N2O. The first-order valence-electron chi connectivity index (χ1n) is 5.62. The zero-order chi connectivity index (χ0) is 12.0. The van der Waals surface area contributed by atoms with Crippen molar-refractivity contribution in [1.29, 1.82) is 0 Å². The third-order valence-electron chi connectivity index (χ3n) is 2.66. The van der Waals surface area contributed by atoms with E-state index in [0.29, 0.717) is 0 Å². The fourth-order valence-corrected chi connectivity index (χ4v) is 1.41. The SMILES string of the molecule is COCCC(C)(C)CNc1ccc(N)cc1. The zero-order valence-corrected chi connectivity index (χ0v) is 10.4. The van der Waals surface area contributed by atoms with Gasteiger partial charge in [0, 0.05) is 31.6 Å². The van der Waals surface area contributed by atoms with Crippen LogP contribution in [0.25, 0.3) is 0 Å². The van der Waals surface area contributed by atoms with Gasteiger partial charge in [-0.2, -0.15) is 0 Å². The van der Waals surface area contributed by atoms with Gasteiger partial charge in [-0.05, 0) is 36.1 Å². The Morgan fingerprint density at radius 1 is 1.25 bits per heavy atom. The van der Waals surface area contributed by atoms with E-state index in [4.69, 9.17) is 10.5 Å². The van der Waals surface area contributed by atoms with E-state index in [2.05, 4.69) is 19.2 Å². The second kappa shape index (κ2) is 5.75. The fourth-order valence-electron chi connectivity index (χ4n) is 1.41. The molecule has 0 saturated heterocycles. The number of anilines is 2. The minimum atomic E-state index is 0.234. The van der Waals surface area contributed by atoms with Crippen LogP contribution in [0, 0.1) is 5.41 Å². The lowest BCUT2D eigenvalue weighted by Crippen LogP contribution is -2.24. The van der Waals surface area contributed by atoms with Crippen LogP contribution in [0.4, 0.5) is 11.4 Å². The van der Waals surface area contributed by atoms with Crippen molar-refractivity contribution < 1.29 is 4.74 Å². The Bertz CT molecular complexity index is 306. The Labute approximate surface area is 98.0 Å². The summed E-state index contributed by atoms with van der Waals surface area (Å²) in [7, 11) is 1.74. The molecule has 0 spiro atoms. The van der Waals surface area contributed by atoms with Crippen molar-refractivity contribution in [3.8, 4) is 0 Å². The Kier molecular flexibility index (Phi) is 4.62. The van der Waals surface area contributed by atoms with Gasteiger partial charge in [0.15, 0.2) is 0 Å². The highest BCUT2D eigenvalue weighted by Gasteiger charge is 2.16. The summed E-state index contributed by atoms with van der Waals surface area (Å²) in [5, 5.41) is 3.41. The molecule has 0 aliphatic heterocycles. The van der Waals surface area contributed by atoms with Crippen LogP contribution < -0.4 is 11.1 Å². The molecule has 1 aromatic rings. The molecule has 0 atom stereocenters. The fraction of sp³-hybridized carbons (Fsp3) is 0.538. The molecule has 3 nitrogen and oxygen atoms in total. The van der Waals surface area contributed by atoms with Gasteiger partial charge in [-0.3, -0.25) is 0 Å². The van der Waals surface area contributed by atoms with Gasteiger partial charge in [-0.15, -0.1) is 0 Å². The number of nitrogens with two attached hydrogens (primary N) is 1. The highest BCUT2D eigenvalue weighted by atomic mass is 16.5. The van der Waals surface area contributed by atoms with Crippen molar-refractivity contribution in [3.63, 3.8) is 0 Å². The Balaban J connectivity index is 2.41. The average Bonchev–Trinajstić information content (AvgIpc) is 2.26. The molecule has 0 radical (unpaired) electrons. The number of rotatable bonds is 6. The third kappa shape index (κ3) is 4.53. The molecule has 0 aromatic heterocycles. The summed E-state index contributed by atoms with van der Waals surface area (Å²) in [5.74, 6) is 0. The van der Waals surface area contributed by atoms with E-state index in [-0.39, 0.29) is 5.41 Å². The Morgan fingerprint density at radius 3 is 2.44 bits per heavy atom. The Hall–Kier alpha value is -1.22. The molecule has 0 aliphatic rings. The molecular weight excluding hydrogens is 200 g/mol. The van der Waals surface area contributed by atoms with Crippen LogP contribution in [0.3, 0.4) is 0 Å². The predicted octanol–water partition coefficient (Wildman–Crippen LogP) is 2.74. The highest BCUT2D eigenvalue weighted by Crippen LogP contribution is 2.21. The third-order valence-corrected chi connectivity index (χ3v) is 2.66. The molecule has 90 valence electrons. The molecule has 0 fully saturated rings. The number of nitrogen functional groups attached to an aromatic ring is 1. The monoisotopic (exact) mass is 222 g/mol. The minimum Gasteiger partial charge on any atom is -0.399 e. The molecule has 0 saturated carbocycles. The van der Waals surface area contributed by atoms with Crippen LogP contribution in [-0.4, -0.2) is 20.3 Å². The molecule has 0 heterocycles. The molecule has 0 unspecified atom stereocenters. The van der Waals surface area contributed by atoms with Crippen LogP contribution in [0.5, 0.6) is 0 Å². The van der Waals surface area contributed by atoms with Crippen LogP contribution in [0.15, 0.2) is 24.3 Å². The van der Waals surface area contributed by atoms with Crippen molar-refractivity contribution >= 4 is 11.4 Å². The molecule has 1 rings (SSSR count). The number of methoxy groups -OCH3 is 1. The lowest BCUT2D eigenvalue weighted by Gasteiger charge is -2.25. The molecule has 0 aliphatic carbocycles. The maximum atomic E-state index is 5.63. The molecule has 0 bridgehead atoms. The predicted molar refractivity (Wildman–Crippen MR) is 69.6 cm³/mol. The first-order valence-corrected chi connectivity index (χ1v) is 5.62. The summed E-state index contributed by atoms with van der Waals surface area (Å²) in [6.07, 6.45) is 1.05. The average molecular weight is 222 g/mol. The van der Waals surface area contributed by atoms with Crippen LogP contribution in [0.1, 0.15) is 20.3 Å². The first kappa shape index (κ1) is 12.8. The number of hydrogen-bond donors (Lipinski definition) is 2. The second-order valence-corrected chi connectivity index (χ2v) is 4.88. The van der Waals surface area contributed by atoms with Gasteiger partial charge in [0.05, 0.1) is 0 Å². The largest absolute Gasteiger partial charge is 0.399 e. The molecule has 1 aromatic carbocycles. The van der Waals surface area contributed by atoms with Crippen LogP contribution >= 0.6 is 0 Å². The van der Waals surface area contributed by atoms with E-state index in [9.17, 15) is 0 Å². The summed E-state index contributed by atoms with van der Waals surface area (Å²) in [4.78, 5) is 0. The zero-order valence-electron chi connectivity index (χ0n) is 10.4. The van der Waals surface area contributed by atoms with Gasteiger partial charge in [0.25, 0.3) is 0 Å². The van der Waals surface area contributed by atoms with Crippen molar-refractivity contribution in [2.75, 3.05) is 31.3 Å². The van der Waals surface area contributed by atoms with Crippen LogP contribution in [-0.2, 0) is 4.74 Å². The lowest BCUT2D eigenvalue weighted by atomic mass is 9.89. The lowest BCUT2D eigenvalue weighted by molar-refractivity contribution is 0.157. The highest BCUT2D eigenvalue weighted by molar-refractivity contribution is 5.51. The van der Waals surface area contributed by atoms with E-state index in [1.165, 1.54) is 0 Å². The van der Waals surface area contributed by atoms with Crippen molar-refractivity contribution in [3.05, 3.63) is 24.3 Å². The van der Waals surface area contributed by atoms with Gasteiger partial charge in [0.1, 0.15) is 0 Å². The number of nitrogens with one attached hydrogen (secondary N) is 1. The summed E-state index contributed by atoms with van der Waals surface area (Å²) in [6, 6.07) is 7.82. The van der Waals surface area contributed by atoms with E-state index >= 15 is 0 Å². The van der Waals surface area contributed by atoms with Gasteiger partial charge < -0.3 is 15.8 Å². The second-order valence-electron chi connectivity index (χ2n) is 4.88. The maximum Gasteiger partial charge on any atom is 0.0468 e. The molecule has 3 heteroatoms. The number of ether oxygens (including phenoxy) is 1. The first-order chi connectivity index (χ1) is 7.53. The standard InChI is InChI=1S/C13H22N2O/c1-13(2,8-9-16-3)10-15-12-6-4-11(14)5-7-12/h4-7,15H,8-10,14H2,1-3H3. The molecule has 0 amide bonds. The van der Waals surface area contributed by atoms with E-state index in [1.54, 1.807) is 7.11 Å². The Morgan fingerprint density at radius 2 is 1.88 bits per heavy atom. The summed E-state index contributed by atoms with van der Waals surface area (Å²) in [5.41, 5.74) is 7.77. The maximum absolute atomic E-state index is 5.63. The summed E-state index contributed by atoms with van der Waals surface area (Å²) in [6.45, 7) is 6.20. The van der Waals surface area contributed by atoms with Crippen molar-refractivity contribution in [1.82, 2.24) is 0 Å². The van der Waals surface area contributed by atoms with E-state index < -0.39 is 0 Å².